The molecule has 0 aromatic heterocycles. The average molecular weight is 430 g/mol. The number of nitrogens with zero attached hydrogens (tertiary/aromatic N) is 4. The Morgan fingerprint density at radius 3 is 2.55 bits per heavy atom. The van der Waals surface area contributed by atoms with Crippen molar-refractivity contribution >= 4 is 17.8 Å². The SMILES string of the molecule is CCCCN1C[C@H]2N(C(=O)CN(C)N2C(=O)NCc2ccccc2)[C@@H](C(C)CC)C1=O. The fraction of sp³-hybridized carbons (Fsp3) is 0.609. The van der Waals surface area contributed by atoms with Crippen molar-refractivity contribution in [2.45, 2.75) is 58.8 Å². The van der Waals surface area contributed by atoms with Gasteiger partial charge in [-0.25, -0.2) is 14.8 Å². The zero-order valence-electron chi connectivity index (χ0n) is 19.1. The number of hydrazine groups is 1. The average Bonchev–Trinajstić information content (AvgIpc) is 2.76. The number of unbranched alkanes of at least 4 members (excludes halogenated alkanes) is 1. The predicted molar refractivity (Wildman–Crippen MR) is 119 cm³/mol. The van der Waals surface area contributed by atoms with Gasteiger partial charge in [0.1, 0.15) is 12.2 Å². The summed E-state index contributed by atoms with van der Waals surface area (Å²) in [5, 5.41) is 6.27. The largest absolute Gasteiger partial charge is 0.337 e. The van der Waals surface area contributed by atoms with E-state index < -0.39 is 12.2 Å². The van der Waals surface area contributed by atoms with Crippen LogP contribution in [0.1, 0.15) is 45.6 Å². The molecule has 2 aliphatic heterocycles. The van der Waals surface area contributed by atoms with Crippen molar-refractivity contribution < 1.29 is 14.4 Å². The summed E-state index contributed by atoms with van der Waals surface area (Å²) in [7, 11) is 1.75. The van der Waals surface area contributed by atoms with E-state index in [-0.39, 0.29) is 30.3 Å². The highest BCUT2D eigenvalue weighted by atomic mass is 16.2. The molecule has 1 N–H and O–H groups in total. The molecule has 2 fully saturated rings. The van der Waals surface area contributed by atoms with Gasteiger partial charge >= 0.3 is 6.03 Å². The molecule has 0 saturated carbocycles. The van der Waals surface area contributed by atoms with Crippen LogP contribution in [0.2, 0.25) is 0 Å². The van der Waals surface area contributed by atoms with E-state index in [4.69, 9.17) is 0 Å². The number of rotatable bonds is 7. The maximum atomic E-state index is 13.3. The third kappa shape index (κ3) is 4.84. The molecule has 8 heteroatoms. The van der Waals surface area contributed by atoms with Gasteiger partial charge in [0.25, 0.3) is 0 Å². The second kappa shape index (κ2) is 10.1. The number of urea groups is 1. The molecule has 1 aromatic carbocycles. The van der Waals surface area contributed by atoms with E-state index in [9.17, 15) is 14.4 Å². The van der Waals surface area contributed by atoms with Gasteiger partial charge < -0.3 is 15.1 Å². The number of benzene rings is 1. The van der Waals surface area contributed by atoms with Crippen LogP contribution >= 0.6 is 0 Å². The molecule has 3 atom stereocenters. The standard InChI is InChI=1S/C23H35N5O3/c1-5-7-13-26-15-19-27(21(22(26)30)17(3)6-2)20(29)16-25(4)28(19)23(31)24-14-18-11-9-8-10-12-18/h8-12,17,19,21H,5-7,13-16H2,1-4H3,(H,24,31)/t17?,19-,21-/m0/s1. The molecular weight excluding hydrogens is 394 g/mol. The number of hydrogen-bond acceptors (Lipinski definition) is 4. The van der Waals surface area contributed by atoms with Gasteiger partial charge in [-0.15, -0.1) is 0 Å². The van der Waals surface area contributed by atoms with Crippen LogP contribution < -0.4 is 5.32 Å². The summed E-state index contributed by atoms with van der Waals surface area (Å²) >= 11 is 0. The molecule has 0 aliphatic carbocycles. The summed E-state index contributed by atoms with van der Waals surface area (Å²) in [5.41, 5.74) is 1.00. The number of likely N-dealkylation sites (N-methyl/N-ethyl adjacent to an activating group) is 1. The maximum absolute atomic E-state index is 13.3. The molecule has 2 saturated heterocycles. The second-order valence-electron chi connectivity index (χ2n) is 8.55. The smallest absolute Gasteiger partial charge is 0.334 e. The van der Waals surface area contributed by atoms with Crippen molar-refractivity contribution in [3.63, 3.8) is 0 Å². The summed E-state index contributed by atoms with van der Waals surface area (Å²) in [6, 6.07) is 8.93. The van der Waals surface area contributed by atoms with Crippen molar-refractivity contribution in [3.05, 3.63) is 35.9 Å². The van der Waals surface area contributed by atoms with Crippen molar-refractivity contribution in [3.8, 4) is 0 Å². The van der Waals surface area contributed by atoms with Gasteiger partial charge in [0.05, 0.1) is 13.1 Å². The summed E-state index contributed by atoms with van der Waals surface area (Å²) in [6.07, 6.45) is 2.16. The Labute approximate surface area is 185 Å². The summed E-state index contributed by atoms with van der Waals surface area (Å²) in [5.74, 6) is -0.0870. The lowest BCUT2D eigenvalue weighted by Crippen LogP contribution is -2.76. The van der Waals surface area contributed by atoms with Crippen LogP contribution in [0, 0.1) is 5.92 Å². The van der Waals surface area contributed by atoms with E-state index in [1.54, 1.807) is 22.0 Å². The molecule has 0 spiro atoms. The molecule has 2 heterocycles. The van der Waals surface area contributed by atoms with Crippen LogP contribution in [0.4, 0.5) is 4.79 Å². The van der Waals surface area contributed by atoms with E-state index in [1.165, 1.54) is 0 Å². The lowest BCUT2D eigenvalue weighted by molar-refractivity contribution is -0.190. The molecule has 170 valence electrons. The van der Waals surface area contributed by atoms with Crippen LogP contribution in [-0.4, -0.2) is 76.6 Å². The molecule has 1 unspecified atom stereocenters. The topological polar surface area (TPSA) is 76.2 Å². The van der Waals surface area contributed by atoms with Crippen LogP contribution in [0.3, 0.4) is 0 Å². The predicted octanol–water partition coefficient (Wildman–Crippen LogP) is 2.27. The number of hydrogen-bond donors (Lipinski definition) is 1. The maximum Gasteiger partial charge on any atom is 0.334 e. The Morgan fingerprint density at radius 1 is 1.19 bits per heavy atom. The Bertz CT molecular complexity index is 787. The first kappa shape index (κ1) is 23.1. The highest BCUT2D eigenvalue weighted by Gasteiger charge is 2.51. The normalized spacial score (nSPS) is 23.0. The van der Waals surface area contributed by atoms with E-state index in [1.807, 2.05) is 49.1 Å². The molecule has 31 heavy (non-hydrogen) atoms. The highest BCUT2D eigenvalue weighted by molar-refractivity contribution is 5.91. The van der Waals surface area contributed by atoms with Crippen LogP contribution in [0.25, 0.3) is 0 Å². The fourth-order valence-corrected chi connectivity index (χ4v) is 4.40. The van der Waals surface area contributed by atoms with Gasteiger partial charge in [-0.2, -0.15) is 0 Å². The van der Waals surface area contributed by atoms with Crippen molar-refractivity contribution in [1.82, 2.24) is 25.1 Å². The van der Waals surface area contributed by atoms with Gasteiger partial charge in [-0.1, -0.05) is 63.9 Å². The summed E-state index contributed by atoms with van der Waals surface area (Å²) in [6.45, 7) is 7.58. The minimum atomic E-state index is -0.536. The van der Waals surface area contributed by atoms with Crippen molar-refractivity contribution in [2.75, 3.05) is 26.7 Å². The van der Waals surface area contributed by atoms with Crippen LogP contribution in [-0.2, 0) is 16.1 Å². The van der Waals surface area contributed by atoms with E-state index >= 15 is 0 Å². The quantitative estimate of drug-likeness (QED) is 0.721. The Morgan fingerprint density at radius 2 is 1.90 bits per heavy atom. The Hall–Kier alpha value is -2.61. The van der Waals surface area contributed by atoms with Gasteiger partial charge in [-0.05, 0) is 17.9 Å². The third-order valence-electron chi connectivity index (χ3n) is 6.33. The first-order valence-electron chi connectivity index (χ1n) is 11.3. The molecule has 1 aromatic rings. The molecule has 4 amide bonds. The molecule has 0 bridgehead atoms. The third-order valence-corrected chi connectivity index (χ3v) is 6.33. The van der Waals surface area contributed by atoms with Gasteiger partial charge in [0.15, 0.2) is 0 Å². The Kier molecular flexibility index (Phi) is 7.54. The lowest BCUT2D eigenvalue weighted by Gasteiger charge is -2.55. The van der Waals surface area contributed by atoms with Crippen LogP contribution in [0.15, 0.2) is 30.3 Å². The van der Waals surface area contributed by atoms with E-state index in [2.05, 4.69) is 12.2 Å². The molecular formula is C23H35N5O3. The molecule has 8 nitrogen and oxygen atoms in total. The number of carbonyl (C=O) groups excluding carboxylic acids is 3. The van der Waals surface area contributed by atoms with Crippen molar-refractivity contribution in [1.29, 1.82) is 0 Å². The summed E-state index contributed by atoms with van der Waals surface area (Å²) in [4.78, 5) is 43.1. The second-order valence-corrected chi connectivity index (χ2v) is 8.55. The number of nitrogens with one attached hydrogen (secondary N) is 1. The fourth-order valence-electron chi connectivity index (χ4n) is 4.40. The zero-order valence-corrected chi connectivity index (χ0v) is 19.1. The zero-order chi connectivity index (χ0) is 22.5. The lowest BCUT2D eigenvalue weighted by atomic mass is 9.92. The van der Waals surface area contributed by atoms with Gasteiger partial charge in [0.2, 0.25) is 11.8 Å². The van der Waals surface area contributed by atoms with E-state index in [0.717, 1.165) is 24.8 Å². The minimum absolute atomic E-state index is 0.00148. The number of piperazine rings is 1. The number of carbonyl (C=O) groups is 3. The van der Waals surface area contributed by atoms with Gasteiger partial charge in [0, 0.05) is 20.1 Å². The monoisotopic (exact) mass is 429 g/mol. The summed E-state index contributed by atoms with van der Waals surface area (Å²) < 4.78 is 0. The highest BCUT2D eigenvalue weighted by Crippen LogP contribution is 2.30. The molecule has 0 radical (unpaired) electrons. The van der Waals surface area contributed by atoms with Crippen molar-refractivity contribution in [2.24, 2.45) is 5.92 Å². The first-order chi connectivity index (χ1) is 14.9. The first-order valence-corrected chi connectivity index (χ1v) is 11.3. The molecule has 2 aliphatic rings. The van der Waals surface area contributed by atoms with Crippen LogP contribution in [0.5, 0.6) is 0 Å². The minimum Gasteiger partial charge on any atom is -0.337 e. The van der Waals surface area contributed by atoms with Gasteiger partial charge in [-0.3, -0.25) is 9.59 Å². The number of fused-ring (bicyclic) bond motifs is 1. The number of amides is 4. The molecule has 3 rings (SSSR count). The van der Waals surface area contributed by atoms with E-state index in [0.29, 0.717) is 19.6 Å². The Balaban J connectivity index is 1.86.